The second kappa shape index (κ2) is 7.65. The van der Waals surface area contributed by atoms with E-state index in [0.717, 1.165) is 19.4 Å². The van der Waals surface area contributed by atoms with Crippen molar-refractivity contribution in [2.45, 2.75) is 44.2 Å². The molecule has 0 radical (unpaired) electrons. The lowest BCUT2D eigenvalue weighted by Gasteiger charge is -2.33. The molecule has 0 saturated carbocycles. The van der Waals surface area contributed by atoms with Crippen LogP contribution in [-0.4, -0.2) is 30.1 Å². The third kappa shape index (κ3) is 3.76. The van der Waals surface area contributed by atoms with Crippen molar-refractivity contribution in [2.75, 3.05) is 13.1 Å². The minimum Gasteiger partial charge on any atom is -0.368 e. The van der Waals surface area contributed by atoms with Crippen LogP contribution in [0.15, 0.2) is 61.3 Å². The van der Waals surface area contributed by atoms with Gasteiger partial charge in [0.25, 0.3) is 0 Å². The summed E-state index contributed by atoms with van der Waals surface area (Å²) in [5.74, 6) is 0. The lowest BCUT2D eigenvalue weighted by molar-refractivity contribution is 0.253. The summed E-state index contributed by atoms with van der Waals surface area (Å²) in [6, 6.07) is 10.1. The van der Waals surface area contributed by atoms with Crippen LogP contribution in [-0.2, 0) is 12.8 Å². The van der Waals surface area contributed by atoms with Crippen LogP contribution in [0.1, 0.15) is 30.4 Å². The summed E-state index contributed by atoms with van der Waals surface area (Å²) in [7, 11) is 0. The van der Waals surface area contributed by atoms with Gasteiger partial charge in [-0.15, -0.1) is 0 Å². The number of allylic oxidation sites excluding steroid dienone is 3. The zero-order valence-electron chi connectivity index (χ0n) is 14.0. The predicted molar refractivity (Wildman–Crippen MR) is 98.5 cm³/mol. The van der Waals surface area contributed by atoms with Gasteiger partial charge in [-0.2, -0.15) is 0 Å². The van der Waals surface area contributed by atoms with Crippen molar-refractivity contribution in [3.05, 3.63) is 72.5 Å². The van der Waals surface area contributed by atoms with E-state index >= 15 is 0 Å². The van der Waals surface area contributed by atoms with Gasteiger partial charge in [0.2, 0.25) is 0 Å². The van der Waals surface area contributed by atoms with Crippen molar-refractivity contribution >= 4 is 0 Å². The number of nitrogens with one attached hydrogen (secondary N) is 1. The van der Waals surface area contributed by atoms with E-state index in [4.69, 9.17) is 0 Å². The fourth-order valence-electron chi connectivity index (χ4n) is 3.98. The first-order chi connectivity index (χ1) is 11.3. The Balaban J connectivity index is 1.73. The standard InChI is InChI=1S/C21H28N2/c1-3-8-20(4-2)23(14-12-19-11-7-13-22-19)21-15-17-9-5-6-10-18(17)16-21/h3-6,8-10,19,21-22H,1-2,7,11-16H2/b20-8+. The molecule has 1 unspecified atom stereocenters. The second-order valence-electron chi connectivity index (χ2n) is 6.64. The molecule has 1 heterocycles. The molecule has 1 saturated heterocycles. The van der Waals surface area contributed by atoms with Gasteiger partial charge in [-0.3, -0.25) is 0 Å². The third-order valence-electron chi connectivity index (χ3n) is 5.18. The molecule has 1 aliphatic heterocycles. The molecule has 1 N–H and O–H groups in total. The van der Waals surface area contributed by atoms with Gasteiger partial charge < -0.3 is 10.2 Å². The fourth-order valence-corrected chi connectivity index (χ4v) is 3.98. The number of rotatable bonds is 7. The van der Waals surface area contributed by atoms with Gasteiger partial charge in [-0.1, -0.05) is 43.5 Å². The number of nitrogens with zero attached hydrogens (tertiary/aromatic N) is 1. The van der Waals surface area contributed by atoms with Crippen molar-refractivity contribution in [3.63, 3.8) is 0 Å². The largest absolute Gasteiger partial charge is 0.368 e. The van der Waals surface area contributed by atoms with Crippen LogP contribution < -0.4 is 5.32 Å². The minimum absolute atomic E-state index is 0.540. The first-order valence-electron chi connectivity index (χ1n) is 8.83. The summed E-state index contributed by atoms with van der Waals surface area (Å²) in [6.45, 7) is 10.2. The highest BCUT2D eigenvalue weighted by atomic mass is 15.2. The first-order valence-corrected chi connectivity index (χ1v) is 8.83. The third-order valence-corrected chi connectivity index (χ3v) is 5.18. The normalized spacial score (nSPS) is 21.2. The molecule has 0 bridgehead atoms. The van der Waals surface area contributed by atoms with E-state index in [1.165, 1.54) is 42.6 Å². The molecule has 1 aromatic rings. The van der Waals surface area contributed by atoms with E-state index in [1.807, 2.05) is 12.2 Å². The average Bonchev–Trinajstić information content (AvgIpc) is 3.23. The van der Waals surface area contributed by atoms with Gasteiger partial charge in [0.1, 0.15) is 0 Å². The van der Waals surface area contributed by atoms with Gasteiger partial charge in [-0.25, -0.2) is 0 Å². The quantitative estimate of drug-likeness (QED) is 0.770. The Kier molecular flexibility index (Phi) is 5.35. The Morgan fingerprint density at radius 2 is 1.96 bits per heavy atom. The van der Waals surface area contributed by atoms with Crippen molar-refractivity contribution < 1.29 is 0 Å². The Bertz CT molecular complexity index is 556. The lowest BCUT2D eigenvalue weighted by atomic mass is 10.1. The molecule has 0 aromatic heterocycles. The number of hydrogen-bond acceptors (Lipinski definition) is 2. The van der Waals surface area contributed by atoms with Crippen LogP contribution in [0.3, 0.4) is 0 Å². The molecule has 2 nitrogen and oxygen atoms in total. The maximum Gasteiger partial charge on any atom is 0.0370 e. The lowest BCUT2D eigenvalue weighted by Crippen LogP contribution is -2.38. The molecule has 1 aromatic carbocycles. The van der Waals surface area contributed by atoms with E-state index in [1.54, 1.807) is 0 Å². The van der Waals surface area contributed by atoms with Crippen molar-refractivity contribution in [1.82, 2.24) is 10.2 Å². The Morgan fingerprint density at radius 3 is 2.52 bits per heavy atom. The Morgan fingerprint density at radius 1 is 1.22 bits per heavy atom. The fraction of sp³-hybridized carbons (Fsp3) is 0.429. The molecule has 3 rings (SSSR count). The summed E-state index contributed by atoms with van der Waals surface area (Å²) in [4.78, 5) is 2.55. The van der Waals surface area contributed by atoms with Gasteiger partial charge in [-0.05, 0) is 61.9 Å². The van der Waals surface area contributed by atoms with Crippen molar-refractivity contribution in [1.29, 1.82) is 0 Å². The zero-order chi connectivity index (χ0) is 16.1. The number of fused-ring (bicyclic) bond motifs is 1. The molecule has 1 fully saturated rings. The highest BCUT2D eigenvalue weighted by Crippen LogP contribution is 2.28. The van der Waals surface area contributed by atoms with Crippen LogP contribution in [0.4, 0.5) is 0 Å². The molecule has 1 aliphatic carbocycles. The minimum atomic E-state index is 0.540. The average molecular weight is 308 g/mol. The zero-order valence-corrected chi connectivity index (χ0v) is 14.0. The van der Waals surface area contributed by atoms with E-state index in [-0.39, 0.29) is 0 Å². The summed E-state index contributed by atoms with van der Waals surface area (Å²) in [5, 5.41) is 3.62. The van der Waals surface area contributed by atoms with E-state index < -0.39 is 0 Å². The monoisotopic (exact) mass is 308 g/mol. The van der Waals surface area contributed by atoms with Crippen LogP contribution >= 0.6 is 0 Å². The smallest absolute Gasteiger partial charge is 0.0370 e. The molecular weight excluding hydrogens is 280 g/mol. The predicted octanol–water partition coefficient (Wildman–Crippen LogP) is 3.85. The summed E-state index contributed by atoms with van der Waals surface area (Å²) < 4.78 is 0. The second-order valence-corrected chi connectivity index (χ2v) is 6.64. The maximum absolute atomic E-state index is 4.03. The van der Waals surface area contributed by atoms with E-state index in [9.17, 15) is 0 Å². The molecule has 1 atom stereocenters. The van der Waals surface area contributed by atoms with Crippen molar-refractivity contribution in [2.24, 2.45) is 0 Å². The summed E-state index contributed by atoms with van der Waals surface area (Å²) in [5.41, 5.74) is 4.21. The van der Waals surface area contributed by atoms with Crippen LogP contribution in [0.5, 0.6) is 0 Å². The molecule has 2 aliphatic rings. The van der Waals surface area contributed by atoms with E-state index in [2.05, 4.69) is 53.7 Å². The van der Waals surface area contributed by atoms with Crippen LogP contribution in [0, 0.1) is 0 Å². The van der Waals surface area contributed by atoms with Gasteiger partial charge in [0.05, 0.1) is 0 Å². The number of hydrogen-bond donors (Lipinski definition) is 1. The van der Waals surface area contributed by atoms with E-state index in [0.29, 0.717) is 12.1 Å². The summed E-state index contributed by atoms with van der Waals surface area (Å²) in [6.07, 6.45) is 12.1. The highest BCUT2D eigenvalue weighted by Gasteiger charge is 2.27. The maximum atomic E-state index is 4.03. The molecule has 122 valence electrons. The van der Waals surface area contributed by atoms with Crippen LogP contribution in [0.25, 0.3) is 0 Å². The molecule has 0 amide bonds. The Labute approximate surface area is 140 Å². The SMILES string of the molecule is C=C/C=C(\C=C)N(CCC1CCCN1)C1Cc2ccccc2C1. The molecule has 0 spiro atoms. The van der Waals surface area contributed by atoms with Crippen LogP contribution in [0.2, 0.25) is 0 Å². The summed E-state index contributed by atoms with van der Waals surface area (Å²) >= 11 is 0. The topological polar surface area (TPSA) is 15.3 Å². The highest BCUT2D eigenvalue weighted by molar-refractivity contribution is 5.35. The first kappa shape index (κ1) is 16.1. The number of benzene rings is 1. The molecule has 23 heavy (non-hydrogen) atoms. The molecule has 2 heteroatoms. The van der Waals surface area contributed by atoms with Gasteiger partial charge in [0.15, 0.2) is 0 Å². The van der Waals surface area contributed by atoms with Gasteiger partial charge >= 0.3 is 0 Å². The Hall–Kier alpha value is -1.80. The van der Waals surface area contributed by atoms with Gasteiger partial charge in [0, 0.05) is 24.3 Å². The van der Waals surface area contributed by atoms with Crippen molar-refractivity contribution in [3.8, 4) is 0 Å². The molecular formula is C21H28N2.